The minimum atomic E-state index is 0.0231. The van der Waals surface area contributed by atoms with E-state index in [0.717, 1.165) is 59.2 Å². The number of ether oxygens (including phenoxy) is 3. The van der Waals surface area contributed by atoms with E-state index in [4.69, 9.17) is 19.3 Å². The lowest BCUT2D eigenvalue weighted by molar-refractivity contribution is -0.109. The van der Waals surface area contributed by atoms with Crippen LogP contribution in [0.15, 0.2) is 0 Å². The molecular weight excluding hydrogens is 248 g/mol. The summed E-state index contributed by atoms with van der Waals surface area (Å²) in [5, 5.41) is 9.15. The van der Waals surface area contributed by atoms with Gasteiger partial charge in [-0.1, -0.05) is 0 Å². The van der Waals surface area contributed by atoms with Crippen molar-refractivity contribution >= 4 is 0 Å². The SMILES string of the molecule is OCCC(OCCN1CCOCC1)N1CCOCC1. The van der Waals surface area contributed by atoms with Crippen molar-refractivity contribution in [2.45, 2.75) is 12.6 Å². The summed E-state index contributed by atoms with van der Waals surface area (Å²) in [4.78, 5) is 4.62. The molecule has 1 N–H and O–H groups in total. The lowest BCUT2D eigenvalue weighted by Gasteiger charge is -2.34. The number of morpholine rings is 2. The third-order valence-corrected chi connectivity index (χ3v) is 3.65. The molecule has 2 heterocycles. The summed E-state index contributed by atoms with van der Waals surface area (Å²) in [5.74, 6) is 0. The summed E-state index contributed by atoms with van der Waals surface area (Å²) in [6, 6.07) is 0. The van der Waals surface area contributed by atoms with E-state index < -0.39 is 0 Å². The second kappa shape index (κ2) is 8.84. The van der Waals surface area contributed by atoms with Crippen LogP contribution in [-0.4, -0.2) is 93.5 Å². The molecule has 0 amide bonds. The molecule has 0 aromatic rings. The van der Waals surface area contributed by atoms with Gasteiger partial charge < -0.3 is 19.3 Å². The molecule has 2 fully saturated rings. The van der Waals surface area contributed by atoms with Gasteiger partial charge in [0.05, 0.1) is 33.0 Å². The zero-order chi connectivity index (χ0) is 13.3. The zero-order valence-electron chi connectivity index (χ0n) is 11.6. The van der Waals surface area contributed by atoms with Crippen molar-refractivity contribution in [1.82, 2.24) is 9.80 Å². The molecule has 2 aliphatic heterocycles. The van der Waals surface area contributed by atoms with Gasteiger partial charge in [0, 0.05) is 45.8 Å². The molecule has 0 bridgehead atoms. The maximum Gasteiger partial charge on any atom is 0.113 e. The molecule has 112 valence electrons. The van der Waals surface area contributed by atoms with Gasteiger partial charge in [-0.25, -0.2) is 0 Å². The molecule has 6 heteroatoms. The molecule has 0 aliphatic carbocycles. The van der Waals surface area contributed by atoms with Crippen LogP contribution in [0.1, 0.15) is 6.42 Å². The smallest absolute Gasteiger partial charge is 0.113 e. The average Bonchev–Trinajstić information content (AvgIpc) is 2.48. The van der Waals surface area contributed by atoms with Gasteiger partial charge in [0.15, 0.2) is 0 Å². The molecule has 19 heavy (non-hydrogen) atoms. The van der Waals surface area contributed by atoms with Gasteiger partial charge in [-0.05, 0) is 0 Å². The Bertz CT molecular complexity index is 231. The lowest BCUT2D eigenvalue weighted by atomic mass is 10.3. The summed E-state index contributed by atoms with van der Waals surface area (Å²) >= 11 is 0. The van der Waals surface area contributed by atoms with E-state index in [1.165, 1.54) is 0 Å². The van der Waals surface area contributed by atoms with Crippen LogP contribution in [0, 0.1) is 0 Å². The van der Waals surface area contributed by atoms with E-state index >= 15 is 0 Å². The molecule has 1 unspecified atom stereocenters. The maximum atomic E-state index is 9.15. The first-order valence-electron chi connectivity index (χ1n) is 7.24. The summed E-state index contributed by atoms with van der Waals surface area (Å²) in [6.45, 7) is 8.75. The number of hydrogen-bond acceptors (Lipinski definition) is 6. The number of aliphatic hydroxyl groups is 1. The molecule has 0 aromatic heterocycles. The van der Waals surface area contributed by atoms with Gasteiger partial charge in [0.1, 0.15) is 6.23 Å². The fraction of sp³-hybridized carbons (Fsp3) is 1.00. The minimum absolute atomic E-state index is 0.0231. The third kappa shape index (κ3) is 5.33. The summed E-state index contributed by atoms with van der Waals surface area (Å²) in [7, 11) is 0. The van der Waals surface area contributed by atoms with Crippen LogP contribution in [0.3, 0.4) is 0 Å². The molecule has 2 rings (SSSR count). The topological polar surface area (TPSA) is 54.4 Å². The number of hydrogen-bond donors (Lipinski definition) is 1. The van der Waals surface area contributed by atoms with Crippen LogP contribution in [0.4, 0.5) is 0 Å². The van der Waals surface area contributed by atoms with Gasteiger partial charge in [0.25, 0.3) is 0 Å². The van der Waals surface area contributed by atoms with E-state index in [0.29, 0.717) is 13.0 Å². The number of aliphatic hydroxyl groups excluding tert-OH is 1. The second-order valence-electron chi connectivity index (χ2n) is 4.94. The first-order valence-corrected chi connectivity index (χ1v) is 7.24. The highest BCUT2D eigenvalue weighted by Crippen LogP contribution is 2.09. The fourth-order valence-corrected chi connectivity index (χ4v) is 2.49. The molecule has 0 radical (unpaired) electrons. The van der Waals surface area contributed by atoms with Crippen molar-refractivity contribution in [3.63, 3.8) is 0 Å². The van der Waals surface area contributed by atoms with E-state index in [9.17, 15) is 0 Å². The maximum absolute atomic E-state index is 9.15. The highest BCUT2D eigenvalue weighted by Gasteiger charge is 2.21. The number of rotatable bonds is 7. The Morgan fingerprint density at radius 1 is 1.00 bits per heavy atom. The Balaban J connectivity index is 1.66. The molecule has 2 aliphatic rings. The highest BCUT2D eigenvalue weighted by molar-refractivity contribution is 4.68. The Kier molecular flexibility index (Phi) is 7.05. The van der Waals surface area contributed by atoms with Crippen molar-refractivity contribution in [3.8, 4) is 0 Å². The Morgan fingerprint density at radius 3 is 2.26 bits per heavy atom. The molecule has 0 aromatic carbocycles. The standard InChI is InChI=1S/C13H26N2O4/c16-7-1-13(15-5-10-18-11-6-15)19-12-4-14-2-8-17-9-3-14/h13,16H,1-12H2. The first kappa shape index (κ1) is 15.2. The van der Waals surface area contributed by atoms with E-state index in [1.807, 2.05) is 0 Å². The molecule has 1 atom stereocenters. The Hall–Kier alpha value is -0.240. The predicted molar refractivity (Wildman–Crippen MR) is 71.1 cm³/mol. The van der Waals surface area contributed by atoms with Crippen LogP contribution < -0.4 is 0 Å². The van der Waals surface area contributed by atoms with Crippen molar-refractivity contribution in [2.24, 2.45) is 0 Å². The van der Waals surface area contributed by atoms with E-state index in [-0.39, 0.29) is 12.8 Å². The molecule has 6 nitrogen and oxygen atoms in total. The monoisotopic (exact) mass is 274 g/mol. The predicted octanol–water partition coefficient (Wildman–Crippen LogP) is -0.624. The largest absolute Gasteiger partial charge is 0.396 e. The second-order valence-corrected chi connectivity index (χ2v) is 4.94. The van der Waals surface area contributed by atoms with Crippen molar-refractivity contribution in [2.75, 3.05) is 72.4 Å². The molecule has 0 spiro atoms. The van der Waals surface area contributed by atoms with Crippen LogP contribution >= 0.6 is 0 Å². The summed E-state index contributed by atoms with van der Waals surface area (Å²) < 4.78 is 16.6. The molecule has 2 saturated heterocycles. The van der Waals surface area contributed by atoms with Crippen molar-refractivity contribution < 1.29 is 19.3 Å². The average molecular weight is 274 g/mol. The highest BCUT2D eigenvalue weighted by atomic mass is 16.5. The van der Waals surface area contributed by atoms with Crippen LogP contribution in [0.2, 0.25) is 0 Å². The van der Waals surface area contributed by atoms with Crippen LogP contribution in [-0.2, 0) is 14.2 Å². The minimum Gasteiger partial charge on any atom is -0.396 e. The van der Waals surface area contributed by atoms with Crippen molar-refractivity contribution in [3.05, 3.63) is 0 Å². The molecular formula is C13H26N2O4. The normalized spacial score (nSPS) is 24.5. The van der Waals surface area contributed by atoms with Crippen molar-refractivity contribution in [1.29, 1.82) is 0 Å². The van der Waals surface area contributed by atoms with E-state index in [2.05, 4.69) is 9.80 Å². The van der Waals surface area contributed by atoms with Gasteiger partial charge in [-0.2, -0.15) is 0 Å². The quantitative estimate of drug-likeness (QED) is 0.667. The third-order valence-electron chi connectivity index (χ3n) is 3.65. The fourth-order valence-electron chi connectivity index (χ4n) is 2.49. The van der Waals surface area contributed by atoms with Gasteiger partial charge in [0.2, 0.25) is 0 Å². The Morgan fingerprint density at radius 2 is 1.63 bits per heavy atom. The van der Waals surface area contributed by atoms with Crippen LogP contribution in [0.25, 0.3) is 0 Å². The summed E-state index contributed by atoms with van der Waals surface area (Å²) in [6.07, 6.45) is 0.693. The lowest BCUT2D eigenvalue weighted by Crippen LogP contribution is -2.46. The van der Waals surface area contributed by atoms with E-state index in [1.54, 1.807) is 0 Å². The first-order chi connectivity index (χ1) is 9.40. The summed E-state index contributed by atoms with van der Waals surface area (Å²) in [5.41, 5.74) is 0. The van der Waals surface area contributed by atoms with Crippen LogP contribution in [0.5, 0.6) is 0 Å². The van der Waals surface area contributed by atoms with Gasteiger partial charge >= 0.3 is 0 Å². The molecule has 0 saturated carbocycles. The zero-order valence-corrected chi connectivity index (χ0v) is 11.6. The number of nitrogens with zero attached hydrogens (tertiary/aromatic N) is 2. The van der Waals surface area contributed by atoms with Gasteiger partial charge in [-0.15, -0.1) is 0 Å². The van der Waals surface area contributed by atoms with Gasteiger partial charge in [-0.3, -0.25) is 9.80 Å². The Labute approximate surface area is 115 Å².